The molecule has 0 saturated carbocycles. The fraction of sp³-hybridized carbons (Fsp3) is 0. The van der Waals surface area contributed by atoms with Gasteiger partial charge in [-0.3, -0.25) is 9.11 Å². The molecule has 0 aliphatic heterocycles. The quantitative estimate of drug-likeness (QED) is 0.405. The maximum absolute atomic E-state index is 11.8. The zero-order valence-corrected chi connectivity index (χ0v) is 16.1. The summed E-state index contributed by atoms with van der Waals surface area (Å²) in [5.41, 5.74) is -0.374. The molecule has 12 heteroatoms. The van der Waals surface area contributed by atoms with Gasteiger partial charge in [0.2, 0.25) is 0 Å². The number of rotatable bonds is 4. The van der Waals surface area contributed by atoms with Gasteiger partial charge in [-0.2, -0.15) is 16.8 Å². The molecule has 9 nitrogen and oxygen atoms in total. The predicted molar refractivity (Wildman–Crippen MR) is 101 cm³/mol. The van der Waals surface area contributed by atoms with Gasteiger partial charge in [-0.05, 0) is 41.8 Å². The largest absolute Gasteiger partial charge is 0.505 e. The molecule has 0 bridgehead atoms. The van der Waals surface area contributed by atoms with Crippen LogP contribution in [-0.4, -0.2) is 31.0 Å². The molecular formula is C16H11ClN2O7S2. The average Bonchev–Trinajstić information content (AvgIpc) is 2.60. The highest BCUT2D eigenvalue weighted by Gasteiger charge is 2.23. The van der Waals surface area contributed by atoms with E-state index in [-0.39, 0.29) is 21.5 Å². The number of fused-ring (bicyclic) bond motifs is 1. The monoisotopic (exact) mass is 442 g/mol. The summed E-state index contributed by atoms with van der Waals surface area (Å²) < 4.78 is 64.7. The molecule has 0 fully saturated rings. The highest BCUT2D eigenvalue weighted by atomic mass is 35.5. The number of nitrogens with zero attached hydrogens (tertiary/aromatic N) is 2. The Bertz CT molecular complexity index is 1340. The number of azo groups is 1. The van der Waals surface area contributed by atoms with Crippen molar-refractivity contribution in [3.8, 4) is 5.75 Å². The zero-order chi connectivity index (χ0) is 20.7. The molecule has 0 spiro atoms. The van der Waals surface area contributed by atoms with Crippen LogP contribution in [0.1, 0.15) is 0 Å². The summed E-state index contributed by atoms with van der Waals surface area (Å²) in [4.78, 5) is -1.33. The molecule has 0 aliphatic carbocycles. The highest BCUT2D eigenvalue weighted by molar-refractivity contribution is 7.86. The molecule has 3 aromatic carbocycles. The zero-order valence-electron chi connectivity index (χ0n) is 13.7. The number of phenolic OH excluding ortho intramolecular Hbond substituents is 1. The minimum absolute atomic E-state index is 0.0212. The molecule has 0 amide bonds. The molecule has 0 atom stereocenters. The van der Waals surface area contributed by atoms with Crippen LogP contribution in [0.15, 0.2) is 68.6 Å². The third kappa shape index (κ3) is 3.98. The Balaban J connectivity index is 2.30. The number of hydrogen-bond donors (Lipinski definition) is 3. The van der Waals surface area contributed by atoms with E-state index in [0.717, 1.165) is 24.3 Å². The molecule has 0 unspecified atom stereocenters. The van der Waals surface area contributed by atoms with E-state index in [1.807, 2.05) is 0 Å². The van der Waals surface area contributed by atoms with Gasteiger partial charge in [-0.25, -0.2) is 0 Å². The van der Waals surface area contributed by atoms with Crippen LogP contribution in [0.3, 0.4) is 0 Å². The van der Waals surface area contributed by atoms with E-state index in [1.165, 1.54) is 12.1 Å². The van der Waals surface area contributed by atoms with Crippen molar-refractivity contribution in [2.24, 2.45) is 10.2 Å². The Morgan fingerprint density at radius 1 is 0.857 bits per heavy atom. The normalized spacial score (nSPS) is 12.7. The summed E-state index contributed by atoms with van der Waals surface area (Å²) in [6.45, 7) is 0. The van der Waals surface area contributed by atoms with Gasteiger partial charge in [0.15, 0.2) is 5.75 Å². The van der Waals surface area contributed by atoms with E-state index in [9.17, 15) is 26.5 Å². The predicted octanol–water partition coefficient (Wildman–Crippen LogP) is 4.11. The topological polar surface area (TPSA) is 154 Å². The van der Waals surface area contributed by atoms with Gasteiger partial charge < -0.3 is 5.11 Å². The first-order valence-electron chi connectivity index (χ1n) is 7.39. The van der Waals surface area contributed by atoms with E-state index in [2.05, 4.69) is 10.2 Å². The first-order valence-corrected chi connectivity index (χ1v) is 10.7. The van der Waals surface area contributed by atoms with Gasteiger partial charge in [0.1, 0.15) is 16.3 Å². The molecular weight excluding hydrogens is 432 g/mol. The summed E-state index contributed by atoms with van der Waals surface area (Å²) in [5.74, 6) is -0.664. The Hall–Kier alpha value is -2.57. The first kappa shape index (κ1) is 20.2. The minimum atomic E-state index is -4.87. The lowest BCUT2D eigenvalue weighted by atomic mass is 10.1. The lowest BCUT2D eigenvalue weighted by Gasteiger charge is -2.09. The molecule has 28 heavy (non-hydrogen) atoms. The van der Waals surface area contributed by atoms with Gasteiger partial charge in [0.05, 0.1) is 9.92 Å². The van der Waals surface area contributed by atoms with Crippen molar-refractivity contribution in [1.29, 1.82) is 0 Å². The fourth-order valence-corrected chi connectivity index (χ4v) is 3.77. The van der Waals surface area contributed by atoms with E-state index in [1.54, 1.807) is 12.1 Å². The highest BCUT2D eigenvalue weighted by Crippen LogP contribution is 2.42. The summed E-state index contributed by atoms with van der Waals surface area (Å²) in [7, 11) is -9.44. The lowest BCUT2D eigenvalue weighted by Crippen LogP contribution is -2.00. The minimum Gasteiger partial charge on any atom is -0.505 e. The van der Waals surface area contributed by atoms with Crippen LogP contribution in [0.4, 0.5) is 11.4 Å². The molecule has 0 aromatic heterocycles. The van der Waals surface area contributed by atoms with Gasteiger partial charge in [-0.1, -0.05) is 23.7 Å². The average molecular weight is 443 g/mol. The number of aromatic hydroxyl groups is 1. The molecule has 0 heterocycles. The Kier molecular flexibility index (Phi) is 5.12. The Morgan fingerprint density at radius 2 is 1.54 bits per heavy atom. The van der Waals surface area contributed by atoms with E-state index in [0.29, 0.717) is 0 Å². The van der Waals surface area contributed by atoms with Gasteiger partial charge in [0.25, 0.3) is 20.2 Å². The van der Waals surface area contributed by atoms with Crippen molar-refractivity contribution < 1.29 is 31.0 Å². The van der Waals surface area contributed by atoms with E-state index in [4.69, 9.17) is 16.2 Å². The lowest BCUT2D eigenvalue weighted by molar-refractivity contribution is 0.472. The molecule has 0 radical (unpaired) electrons. The van der Waals surface area contributed by atoms with E-state index >= 15 is 0 Å². The summed E-state index contributed by atoms with van der Waals surface area (Å²) in [6, 6.07) is 10.3. The summed E-state index contributed by atoms with van der Waals surface area (Å²) >= 11 is 5.95. The second-order valence-electron chi connectivity index (χ2n) is 5.56. The number of hydrogen-bond acceptors (Lipinski definition) is 7. The van der Waals surface area contributed by atoms with Crippen molar-refractivity contribution in [1.82, 2.24) is 0 Å². The van der Waals surface area contributed by atoms with Crippen LogP contribution in [0.25, 0.3) is 10.8 Å². The van der Waals surface area contributed by atoms with Crippen LogP contribution in [0, 0.1) is 0 Å². The smallest absolute Gasteiger partial charge is 0.296 e. The van der Waals surface area contributed by atoms with Gasteiger partial charge in [-0.15, -0.1) is 10.2 Å². The number of halogens is 1. The van der Waals surface area contributed by atoms with Crippen molar-refractivity contribution in [2.75, 3.05) is 0 Å². The maximum Gasteiger partial charge on any atom is 0.296 e. The van der Waals surface area contributed by atoms with Crippen molar-refractivity contribution in [3.63, 3.8) is 0 Å². The SMILES string of the molecule is O=S(=O)(O)c1ccc2c(O)c(N=Nc3ccccc3Cl)c(S(=O)(=O)O)cc2c1. The molecule has 3 rings (SSSR count). The van der Waals surface area contributed by atoms with E-state index < -0.39 is 41.5 Å². The number of benzene rings is 3. The first-order chi connectivity index (χ1) is 13.0. The van der Waals surface area contributed by atoms with Gasteiger partial charge in [0, 0.05) is 5.39 Å². The molecule has 0 aliphatic rings. The number of phenols is 1. The van der Waals surface area contributed by atoms with Crippen molar-refractivity contribution in [2.45, 2.75) is 9.79 Å². The maximum atomic E-state index is 11.8. The molecule has 146 valence electrons. The standard InChI is InChI=1S/C16H11ClN2O7S2/c17-12-3-1-2-4-13(12)18-19-15-14(28(24,25)26)8-9-7-10(27(21,22)23)5-6-11(9)16(15)20/h1-8,20H,(H,21,22,23)(H,24,25,26). The molecule has 3 N–H and O–H groups in total. The Labute approximate surface area is 164 Å². The van der Waals surface area contributed by atoms with Gasteiger partial charge >= 0.3 is 0 Å². The third-order valence-electron chi connectivity index (χ3n) is 3.71. The Morgan fingerprint density at radius 3 is 2.14 bits per heavy atom. The van der Waals surface area contributed by atoms with Crippen LogP contribution >= 0.6 is 11.6 Å². The second kappa shape index (κ2) is 7.11. The van der Waals surface area contributed by atoms with Crippen LogP contribution in [0.2, 0.25) is 5.02 Å². The second-order valence-corrected chi connectivity index (χ2v) is 8.78. The molecule has 0 saturated heterocycles. The fourth-order valence-electron chi connectivity index (χ4n) is 2.42. The van der Waals surface area contributed by atoms with Crippen LogP contribution in [0.5, 0.6) is 5.75 Å². The third-order valence-corrected chi connectivity index (χ3v) is 5.74. The van der Waals surface area contributed by atoms with Crippen LogP contribution in [-0.2, 0) is 20.2 Å². The van der Waals surface area contributed by atoms with Crippen LogP contribution < -0.4 is 0 Å². The molecule has 3 aromatic rings. The van der Waals surface area contributed by atoms with Crippen molar-refractivity contribution in [3.05, 3.63) is 53.6 Å². The van der Waals surface area contributed by atoms with Crippen molar-refractivity contribution >= 4 is 54.0 Å². The summed E-state index contributed by atoms with van der Waals surface area (Å²) in [6.07, 6.45) is 0. The summed E-state index contributed by atoms with van der Waals surface area (Å²) in [5, 5.41) is 18.1.